The predicted octanol–water partition coefficient (Wildman–Crippen LogP) is 5.11. The van der Waals surface area contributed by atoms with E-state index in [2.05, 4.69) is 17.2 Å². The molecule has 4 heteroatoms. The standard InChI is InChI=1S/C19H24FN3/c1-6-23(5)12-21-18-10-15(4)19(11-14(18)3)22-17-8-7-13(2)9-16(17)20/h7-12,22H,6H2,1-5H3/b21-12+. The van der Waals surface area contributed by atoms with Crippen LogP contribution in [0.25, 0.3) is 0 Å². The molecule has 2 rings (SSSR count). The highest BCUT2D eigenvalue weighted by molar-refractivity contribution is 5.71. The molecule has 0 bridgehead atoms. The van der Waals surface area contributed by atoms with E-state index in [-0.39, 0.29) is 5.82 Å². The molecule has 0 aromatic heterocycles. The lowest BCUT2D eigenvalue weighted by molar-refractivity contribution is 0.552. The van der Waals surface area contributed by atoms with E-state index >= 15 is 0 Å². The Labute approximate surface area is 137 Å². The van der Waals surface area contributed by atoms with Gasteiger partial charge in [-0.2, -0.15) is 0 Å². The second-order valence-electron chi connectivity index (χ2n) is 5.88. The molecule has 0 saturated heterocycles. The van der Waals surface area contributed by atoms with Gasteiger partial charge in [-0.05, 0) is 68.7 Å². The first kappa shape index (κ1) is 17.0. The zero-order valence-electron chi connectivity index (χ0n) is 14.4. The van der Waals surface area contributed by atoms with Crippen LogP contribution in [0.3, 0.4) is 0 Å². The van der Waals surface area contributed by atoms with Crippen molar-refractivity contribution in [3.63, 3.8) is 0 Å². The molecule has 0 saturated carbocycles. The third-order valence-electron chi connectivity index (χ3n) is 3.83. The van der Waals surface area contributed by atoms with Crippen molar-refractivity contribution in [3.05, 3.63) is 52.8 Å². The highest BCUT2D eigenvalue weighted by atomic mass is 19.1. The molecule has 2 aromatic rings. The molecule has 0 aliphatic heterocycles. The fourth-order valence-electron chi connectivity index (χ4n) is 2.18. The van der Waals surface area contributed by atoms with Crippen LogP contribution >= 0.6 is 0 Å². The minimum absolute atomic E-state index is 0.242. The van der Waals surface area contributed by atoms with Crippen LogP contribution in [0, 0.1) is 26.6 Å². The number of anilines is 2. The molecule has 0 unspecified atom stereocenters. The Morgan fingerprint density at radius 3 is 2.48 bits per heavy atom. The quantitative estimate of drug-likeness (QED) is 0.614. The number of nitrogens with zero attached hydrogens (tertiary/aromatic N) is 2. The van der Waals surface area contributed by atoms with Crippen LogP contribution in [0.4, 0.5) is 21.5 Å². The van der Waals surface area contributed by atoms with E-state index in [1.54, 1.807) is 6.07 Å². The molecule has 0 heterocycles. The van der Waals surface area contributed by atoms with Gasteiger partial charge in [0.25, 0.3) is 0 Å². The van der Waals surface area contributed by atoms with Crippen molar-refractivity contribution in [1.82, 2.24) is 4.90 Å². The number of hydrogen-bond donors (Lipinski definition) is 1. The summed E-state index contributed by atoms with van der Waals surface area (Å²) in [6, 6.07) is 9.22. The topological polar surface area (TPSA) is 27.6 Å². The third-order valence-corrected chi connectivity index (χ3v) is 3.83. The fourth-order valence-corrected chi connectivity index (χ4v) is 2.18. The van der Waals surface area contributed by atoms with Crippen LogP contribution in [0.1, 0.15) is 23.6 Å². The third kappa shape index (κ3) is 4.31. The van der Waals surface area contributed by atoms with Gasteiger partial charge in [0, 0.05) is 19.3 Å². The summed E-state index contributed by atoms with van der Waals surface area (Å²) in [5.74, 6) is -0.242. The first-order valence-electron chi connectivity index (χ1n) is 7.79. The van der Waals surface area contributed by atoms with E-state index in [9.17, 15) is 4.39 Å². The van der Waals surface area contributed by atoms with E-state index in [0.717, 1.165) is 34.6 Å². The van der Waals surface area contributed by atoms with Crippen molar-refractivity contribution < 1.29 is 4.39 Å². The number of aliphatic imine (C=N–C) groups is 1. The zero-order valence-corrected chi connectivity index (χ0v) is 14.4. The van der Waals surface area contributed by atoms with Crippen LogP contribution in [0.5, 0.6) is 0 Å². The molecule has 0 fully saturated rings. The zero-order chi connectivity index (χ0) is 17.0. The number of halogens is 1. The maximum Gasteiger partial charge on any atom is 0.146 e. The lowest BCUT2D eigenvalue weighted by atomic mass is 10.1. The van der Waals surface area contributed by atoms with Gasteiger partial charge in [-0.3, -0.25) is 0 Å². The summed E-state index contributed by atoms with van der Waals surface area (Å²) in [4.78, 5) is 6.53. The molecule has 0 aliphatic rings. The molecule has 3 nitrogen and oxygen atoms in total. The van der Waals surface area contributed by atoms with Gasteiger partial charge in [-0.15, -0.1) is 0 Å². The average molecular weight is 313 g/mol. The van der Waals surface area contributed by atoms with Crippen molar-refractivity contribution in [2.75, 3.05) is 18.9 Å². The number of rotatable bonds is 5. The van der Waals surface area contributed by atoms with Gasteiger partial charge in [-0.25, -0.2) is 9.38 Å². The number of aryl methyl sites for hydroxylation is 3. The van der Waals surface area contributed by atoms with Gasteiger partial charge >= 0.3 is 0 Å². The first-order valence-corrected chi connectivity index (χ1v) is 7.79. The molecule has 0 atom stereocenters. The summed E-state index contributed by atoms with van der Waals surface area (Å²) in [7, 11) is 1.99. The van der Waals surface area contributed by atoms with Crippen molar-refractivity contribution in [3.8, 4) is 0 Å². The van der Waals surface area contributed by atoms with Gasteiger partial charge in [0.1, 0.15) is 5.82 Å². The number of nitrogens with one attached hydrogen (secondary N) is 1. The number of benzene rings is 2. The van der Waals surface area contributed by atoms with Crippen LogP contribution in [-0.4, -0.2) is 24.8 Å². The van der Waals surface area contributed by atoms with Crippen LogP contribution in [-0.2, 0) is 0 Å². The minimum atomic E-state index is -0.242. The summed E-state index contributed by atoms with van der Waals surface area (Å²) < 4.78 is 14.0. The van der Waals surface area contributed by atoms with Crippen molar-refractivity contribution >= 4 is 23.4 Å². The lowest BCUT2D eigenvalue weighted by Crippen LogP contribution is -2.14. The molecule has 2 aromatic carbocycles. The van der Waals surface area contributed by atoms with Crippen LogP contribution in [0.15, 0.2) is 35.3 Å². The number of hydrogen-bond acceptors (Lipinski definition) is 2. The van der Waals surface area contributed by atoms with E-state index in [1.807, 2.05) is 57.3 Å². The maximum absolute atomic E-state index is 14.0. The molecule has 23 heavy (non-hydrogen) atoms. The van der Waals surface area contributed by atoms with Gasteiger partial charge in [0.2, 0.25) is 0 Å². The summed E-state index contributed by atoms with van der Waals surface area (Å²) in [5, 5.41) is 3.17. The van der Waals surface area contributed by atoms with Crippen LogP contribution < -0.4 is 5.32 Å². The fraction of sp³-hybridized carbons (Fsp3) is 0.316. The van der Waals surface area contributed by atoms with Crippen LogP contribution in [0.2, 0.25) is 0 Å². The molecular weight excluding hydrogens is 289 g/mol. The Kier molecular flexibility index (Phi) is 5.37. The molecule has 0 spiro atoms. The second-order valence-corrected chi connectivity index (χ2v) is 5.88. The predicted molar refractivity (Wildman–Crippen MR) is 96.8 cm³/mol. The Hall–Kier alpha value is -2.36. The molecule has 0 aliphatic carbocycles. The Morgan fingerprint density at radius 2 is 1.83 bits per heavy atom. The first-order chi connectivity index (χ1) is 10.9. The molecule has 1 N–H and O–H groups in total. The van der Waals surface area contributed by atoms with E-state index < -0.39 is 0 Å². The van der Waals surface area contributed by atoms with Gasteiger partial charge in [0.15, 0.2) is 0 Å². The lowest BCUT2D eigenvalue weighted by Gasteiger charge is -2.14. The van der Waals surface area contributed by atoms with Gasteiger partial charge in [-0.1, -0.05) is 6.07 Å². The summed E-state index contributed by atoms with van der Waals surface area (Å²) in [6.07, 6.45) is 1.83. The van der Waals surface area contributed by atoms with E-state index in [0.29, 0.717) is 5.69 Å². The van der Waals surface area contributed by atoms with E-state index in [1.165, 1.54) is 6.07 Å². The summed E-state index contributed by atoms with van der Waals surface area (Å²) in [6.45, 7) is 8.87. The molecule has 122 valence electrons. The SMILES string of the molecule is CCN(C)/C=N/c1cc(C)c(Nc2ccc(C)cc2F)cc1C. The van der Waals surface area contributed by atoms with Gasteiger partial charge in [0.05, 0.1) is 17.7 Å². The summed E-state index contributed by atoms with van der Waals surface area (Å²) >= 11 is 0. The molecule has 0 radical (unpaired) electrons. The summed E-state index contributed by atoms with van der Waals surface area (Å²) in [5.41, 5.74) is 5.30. The minimum Gasteiger partial charge on any atom is -0.366 e. The Balaban J connectivity index is 2.27. The Bertz CT molecular complexity index is 723. The van der Waals surface area contributed by atoms with Gasteiger partial charge < -0.3 is 10.2 Å². The largest absolute Gasteiger partial charge is 0.366 e. The highest BCUT2D eigenvalue weighted by Gasteiger charge is 2.07. The second kappa shape index (κ2) is 7.27. The van der Waals surface area contributed by atoms with E-state index in [4.69, 9.17) is 0 Å². The van der Waals surface area contributed by atoms with Crippen molar-refractivity contribution in [2.45, 2.75) is 27.7 Å². The molecule has 0 amide bonds. The average Bonchev–Trinajstić information content (AvgIpc) is 2.51. The normalized spacial score (nSPS) is 11.0. The maximum atomic E-state index is 14.0. The van der Waals surface area contributed by atoms with Crippen molar-refractivity contribution in [2.24, 2.45) is 4.99 Å². The van der Waals surface area contributed by atoms with Crippen molar-refractivity contribution in [1.29, 1.82) is 0 Å². The smallest absolute Gasteiger partial charge is 0.146 e. The molecular formula is C19H24FN3. The monoisotopic (exact) mass is 313 g/mol. The Morgan fingerprint density at radius 1 is 1.09 bits per heavy atom. The highest BCUT2D eigenvalue weighted by Crippen LogP contribution is 2.29.